The first-order valence-electron chi connectivity index (χ1n) is 8.35. The minimum absolute atomic E-state index is 0.0665. The number of anilines is 2. The van der Waals surface area contributed by atoms with Crippen molar-refractivity contribution < 1.29 is 9.72 Å². The fourth-order valence-corrected chi connectivity index (χ4v) is 2.77. The van der Waals surface area contributed by atoms with Crippen LogP contribution in [0.3, 0.4) is 0 Å². The molecule has 10 nitrogen and oxygen atoms in total. The van der Waals surface area contributed by atoms with Gasteiger partial charge in [-0.05, 0) is 19.4 Å². The Morgan fingerprint density at radius 3 is 2.63 bits per heavy atom. The van der Waals surface area contributed by atoms with Crippen LogP contribution in [0.5, 0.6) is 0 Å². The third-order valence-electron chi connectivity index (χ3n) is 4.32. The fourth-order valence-electron chi connectivity index (χ4n) is 2.77. The molecule has 1 aromatic carbocycles. The van der Waals surface area contributed by atoms with Gasteiger partial charge in [-0.2, -0.15) is 0 Å². The summed E-state index contributed by atoms with van der Waals surface area (Å²) in [7, 11) is 1.33. The van der Waals surface area contributed by atoms with Gasteiger partial charge in [0.15, 0.2) is 5.69 Å². The normalized spacial score (nSPS) is 10.6. The summed E-state index contributed by atoms with van der Waals surface area (Å²) in [5.74, 6) is -0.773. The molecule has 2 rings (SSSR count). The molecule has 1 amide bonds. The number of benzene rings is 1. The molecule has 0 atom stereocenters. The predicted octanol–water partition coefficient (Wildman–Crippen LogP) is 1.41. The molecule has 144 valence electrons. The van der Waals surface area contributed by atoms with Gasteiger partial charge in [-0.15, -0.1) is 0 Å². The summed E-state index contributed by atoms with van der Waals surface area (Å²) in [4.78, 5) is 50.8. The molecule has 2 aromatic rings. The molecule has 0 aliphatic rings. The first kappa shape index (κ1) is 19.9. The number of hydrogen-bond donors (Lipinski definition) is 2. The van der Waals surface area contributed by atoms with Crippen LogP contribution in [-0.4, -0.2) is 27.4 Å². The van der Waals surface area contributed by atoms with Gasteiger partial charge in [0.25, 0.3) is 17.2 Å². The minimum atomic E-state index is -0.802. The van der Waals surface area contributed by atoms with Crippen molar-refractivity contribution in [2.24, 2.45) is 0 Å². The summed E-state index contributed by atoms with van der Waals surface area (Å²) in [6.07, 6.45) is 1.47. The molecule has 0 bridgehead atoms. The van der Waals surface area contributed by atoms with Gasteiger partial charge in [0.2, 0.25) is 0 Å². The number of nitrogen functional groups attached to an aromatic ring is 1. The number of nitrogens with two attached hydrogens (primary N) is 1. The number of H-pyrrole nitrogens is 1. The summed E-state index contributed by atoms with van der Waals surface area (Å²) in [5, 5.41) is 11.1. The number of aromatic nitrogens is 2. The zero-order chi connectivity index (χ0) is 20.3. The van der Waals surface area contributed by atoms with Crippen LogP contribution < -0.4 is 21.9 Å². The Bertz CT molecular complexity index is 1010. The number of nitro benzene ring substituents is 1. The second-order valence-corrected chi connectivity index (χ2v) is 6.07. The van der Waals surface area contributed by atoms with E-state index in [1.807, 2.05) is 6.92 Å². The molecular formula is C17H21N5O5. The quantitative estimate of drug-likeness (QED) is 0.577. The summed E-state index contributed by atoms with van der Waals surface area (Å²) in [5.41, 5.74) is 4.40. The molecule has 3 N–H and O–H groups in total. The van der Waals surface area contributed by atoms with E-state index in [4.69, 9.17) is 5.73 Å². The Morgan fingerprint density at radius 1 is 1.37 bits per heavy atom. The maximum Gasteiger partial charge on any atom is 0.330 e. The molecule has 0 aliphatic heterocycles. The number of rotatable bonds is 6. The molecule has 10 heteroatoms. The third-order valence-corrected chi connectivity index (χ3v) is 4.32. The SMILES string of the molecule is CCCCn1c(N)c(N(C)C(=O)c2cccc([N+](=O)[O-])c2C)c(=O)[nH]c1=O. The summed E-state index contributed by atoms with van der Waals surface area (Å²) in [6, 6.07) is 4.11. The molecule has 0 spiro atoms. The lowest BCUT2D eigenvalue weighted by Gasteiger charge is -2.21. The molecule has 0 unspecified atom stereocenters. The highest BCUT2D eigenvalue weighted by Crippen LogP contribution is 2.24. The lowest BCUT2D eigenvalue weighted by atomic mass is 10.1. The number of nitrogens with one attached hydrogen (secondary N) is 1. The molecule has 0 aliphatic carbocycles. The van der Waals surface area contributed by atoms with Crippen LogP contribution in [0.4, 0.5) is 17.2 Å². The van der Waals surface area contributed by atoms with Gasteiger partial charge in [-0.3, -0.25) is 29.3 Å². The zero-order valence-electron chi connectivity index (χ0n) is 15.3. The van der Waals surface area contributed by atoms with Crippen LogP contribution in [0.25, 0.3) is 0 Å². The predicted molar refractivity (Wildman–Crippen MR) is 101 cm³/mol. The molecule has 0 saturated carbocycles. The highest BCUT2D eigenvalue weighted by Gasteiger charge is 2.25. The van der Waals surface area contributed by atoms with Crippen molar-refractivity contribution in [3.05, 3.63) is 60.3 Å². The molecule has 0 saturated heterocycles. The average Bonchev–Trinajstić information content (AvgIpc) is 2.60. The molecule has 0 radical (unpaired) electrons. The van der Waals surface area contributed by atoms with Gasteiger partial charge in [-0.25, -0.2) is 4.79 Å². The highest BCUT2D eigenvalue weighted by atomic mass is 16.6. The fraction of sp³-hybridized carbons (Fsp3) is 0.353. The maximum atomic E-state index is 12.9. The van der Waals surface area contributed by atoms with E-state index in [0.29, 0.717) is 13.0 Å². The number of carbonyl (C=O) groups is 1. The van der Waals surface area contributed by atoms with Gasteiger partial charge in [0.05, 0.1) is 4.92 Å². The highest BCUT2D eigenvalue weighted by molar-refractivity contribution is 6.08. The van der Waals surface area contributed by atoms with E-state index in [0.717, 1.165) is 11.3 Å². The van der Waals surface area contributed by atoms with Gasteiger partial charge in [0.1, 0.15) is 5.82 Å². The van der Waals surface area contributed by atoms with Crippen LogP contribution in [0.15, 0.2) is 27.8 Å². The Hall–Kier alpha value is -3.43. The van der Waals surface area contributed by atoms with E-state index in [-0.39, 0.29) is 28.3 Å². The second-order valence-electron chi connectivity index (χ2n) is 6.07. The van der Waals surface area contributed by atoms with Crippen molar-refractivity contribution in [3.8, 4) is 0 Å². The van der Waals surface area contributed by atoms with Crippen molar-refractivity contribution in [1.29, 1.82) is 0 Å². The topological polar surface area (TPSA) is 144 Å². The summed E-state index contributed by atoms with van der Waals surface area (Å²) >= 11 is 0. The van der Waals surface area contributed by atoms with Gasteiger partial charge in [0, 0.05) is 30.8 Å². The molecule has 27 heavy (non-hydrogen) atoms. The Kier molecular flexibility index (Phi) is 5.78. The molecule has 1 heterocycles. The average molecular weight is 375 g/mol. The molecular weight excluding hydrogens is 354 g/mol. The van der Waals surface area contributed by atoms with Crippen LogP contribution in [0.1, 0.15) is 35.7 Å². The first-order valence-corrected chi connectivity index (χ1v) is 8.35. The first-order chi connectivity index (χ1) is 12.7. The summed E-state index contributed by atoms with van der Waals surface area (Å²) in [6.45, 7) is 3.69. The van der Waals surface area contributed by atoms with Crippen molar-refractivity contribution in [2.75, 3.05) is 17.7 Å². The number of aromatic amines is 1. The smallest absolute Gasteiger partial charge is 0.330 e. The van der Waals surface area contributed by atoms with E-state index >= 15 is 0 Å². The van der Waals surface area contributed by atoms with E-state index in [9.17, 15) is 24.5 Å². The monoisotopic (exact) mass is 375 g/mol. The van der Waals surface area contributed by atoms with E-state index in [1.54, 1.807) is 0 Å². The number of carbonyl (C=O) groups excluding carboxylic acids is 1. The number of amides is 1. The van der Waals surface area contributed by atoms with Crippen LogP contribution >= 0.6 is 0 Å². The van der Waals surface area contributed by atoms with E-state index in [2.05, 4.69) is 4.98 Å². The van der Waals surface area contributed by atoms with Crippen molar-refractivity contribution in [3.63, 3.8) is 0 Å². The van der Waals surface area contributed by atoms with Crippen molar-refractivity contribution in [2.45, 2.75) is 33.2 Å². The second kappa shape index (κ2) is 7.85. The van der Waals surface area contributed by atoms with Crippen LogP contribution in [0.2, 0.25) is 0 Å². The van der Waals surface area contributed by atoms with E-state index in [1.165, 1.54) is 36.7 Å². The van der Waals surface area contributed by atoms with Crippen LogP contribution in [0, 0.1) is 17.0 Å². The number of unbranched alkanes of at least 4 members (excludes halogenated alkanes) is 1. The molecule has 1 aromatic heterocycles. The Balaban J connectivity index is 2.55. The van der Waals surface area contributed by atoms with Gasteiger partial charge in [-0.1, -0.05) is 19.4 Å². The number of nitrogens with zero attached hydrogens (tertiary/aromatic N) is 3. The van der Waals surface area contributed by atoms with E-state index < -0.39 is 22.1 Å². The maximum absolute atomic E-state index is 12.9. The number of nitro groups is 1. The zero-order valence-corrected chi connectivity index (χ0v) is 15.3. The number of hydrogen-bond acceptors (Lipinski definition) is 6. The van der Waals surface area contributed by atoms with Crippen molar-refractivity contribution >= 4 is 23.1 Å². The minimum Gasteiger partial charge on any atom is -0.383 e. The molecule has 0 fully saturated rings. The van der Waals surface area contributed by atoms with Crippen molar-refractivity contribution in [1.82, 2.24) is 9.55 Å². The largest absolute Gasteiger partial charge is 0.383 e. The Labute approximate surface area is 154 Å². The summed E-state index contributed by atoms with van der Waals surface area (Å²) < 4.78 is 1.20. The lowest BCUT2D eigenvalue weighted by Crippen LogP contribution is -2.39. The Morgan fingerprint density at radius 2 is 2.04 bits per heavy atom. The lowest BCUT2D eigenvalue weighted by molar-refractivity contribution is -0.385. The standard InChI is InChI=1S/C17H21N5O5/c1-4-5-9-21-14(18)13(15(23)19-17(21)25)20(3)16(24)11-7-6-8-12(10(11)2)22(26)27/h6-8H,4-5,9,18H2,1-3H3,(H,19,23,25). The van der Waals surface area contributed by atoms with Crippen LogP contribution in [-0.2, 0) is 6.54 Å². The van der Waals surface area contributed by atoms with Gasteiger partial charge >= 0.3 is 5.69 Å². The van der Waals surface area contributed by atoms with Gasteiger partial charge < -0.3 is 10.6 Å². The third kappa shape index (κ3) is 3.73.